The van der Waals surface area contributed by atoms with E-state index in [4.69, 9.17) is 10.5 Å². The molecule has 0 amide bonds. The minimum absolute atomic E-state index is 0.0941. The van der Waals surface area contributed by atoms with Gasteiger partial charge in [0.2, 0.25) is 0 Å². The van der Waals surface area contributed by atoms with Crippen LogP contribution in [0.15, 0.2) is 36.5 Å². The molecule has 0 bridgehead atoms. The topological polar surface area (TPSA) is 65.2 Å². The number of allylic oxidation sites excluding steroid dienone is 1. The molecule has 6 heteroatoms. The Morgan fingerprint density at radius 3 is 2.67 bits per heavy atom. The summed E-state index contributed by atoms with van der Waals surface area (Å²) >= 11 is 1.89. The van der Waals surface area contributed by atoms with Crippen LogP contribution in [0.1, 0.15) is 43.1 Å². The highest BCUT2D eigenvalue weighted by Crippen LogP contribution is 2.32. The van der Waals surface area contributed by atoms with Crippen LogP contribution in [0.25, 0.3) is 16.7 Å². The van der Waals surface area contributed by atoms with Gasteiger partial charge >= 0.3 is 5.97 Å². The van der Waals surface area contributed by atoms with E-state index >= 15 is 0 Å². The van der Waals surface area contributed by atoms with Crippen LogP contribution in [-0.2, 0) is 4.74 Å². The van der Waals surface area contributed by atoms with Gasteiger partial charge in [-0.1, -0.05) is 12.1 Å². The molecule has 4 nitrogen and oxygen atoms in total. The summed E-state index contributed by atoms with van der Waals surface area (Å²) in [6.07, 6.45) is 4.92. The zero-order valence-corrected chi connectivity index (χ0v) is 16.5. The minimum atomic E-state index is -0.684. The molecule has 27 heavy (non-hydrogen) atoms. The van der Waals surface area contributed by atoms with Crippen molar-refractivity contribution in [2.24, 2.45) is 0 Å². The second kappa shape index (κ2) is 7.72. The Kier molecular flexibility index (Phi) is 5.56. The van der Waals surface area contributed by atoms with E-state index in [0.717, 1.165) is 23.5 Å². The Bertz CT molecular complexity index is 904. The van der Waals surface area contributed by atoms with Gasteiger partial charge < -0.3 is 10.5 Å². The molecule has 1 aromatic heterocycles. The average molecular weight is 386 g/mol. The summed E-state index contributed by atoms with van der Waals surface area (Å²) in [4.78, 5) is 16.4. The highest BCUT2D eigenvalue weighted by molar-refractivity contribution is 7.99. The fraction of sp³-hybridized carbons (Fsp3) is 0.333. The molecule has 0 atom stereocenters. The number of rotatable bonds is 3. The number of anilines is 1. The quantitative estimate of drug-likeness (QED) is 0.757. The maximum atomic E-state index is 14.6. The smallest absolute Gasteiger partial charge is 0.341 e. The highest BCUT2D eigenvalue weighted by atomic mass is 32.2. The molecule has 2 N–H and O–H groups in total. The van der Waals surface area contributed by atoms with E-state index in [0.29, 0.717) is 16.9 Å². The predicted molar refractivity (Wildman–Crippen MR) is 109 cm³/mol. The van der Waals surface area contributed by atoms with Gasteiger partial charge in [0, 0.05) is 17.5 Å². The molecular formula is C21H23FN2O2S. The van der Waals surface area contributed by atoms with Crippen molar-refractivity contribution in [1.82, 2.24) is 4.98 Å². The Morgan fingerprint density at radius 1 is 1.26 bits per heavy atom. The van der Waals surface area contributed by atoms with Crippen molar-refractivity contribution in [2.45, 2.75) is 32.8 Å². The van der Waals surface area contributed by atoms with E-state index < -0.39 is 17.4 Å². The van der Waals surface area contributed by atoms with E-state index in [9.17, 15) is 9.18 Å². The monoisotopic (exact) mass is 386 g/mol. The number of thioether (sulfide) groups is 1. The van der Waals surface area contributed by atoms with E-state index in [-0.39, 0.29) is 5.56 Å². The fourth-order valence-corrected chi connectivity index (χ4v) is 3.70. The van der Waals surface area contributed by atoms with Crippen molar-refractivity contribution in [3.8, 4) is 11.1 Å². The molecule has 142 valence electrons. The first-order valence-corrected chi connectivity index (χ1v) is 9.96. The zero-order valence-electron chi connectivity index (χ0n) is 15.7. The number of hydrogen-bond donors (Lipinski definition) is 1. The van der Waals surface area contributed by atoms with Crippen LogP contribution in [0.4, 0.5) is 10.2 Å². The third-order valence-corrected chi connectivity index (χ3v) is 5.05. The summed E-state index contributed by atoms with van der Waals surface area (Å²) in [5.74, 6) is 1.06. The van der Waals surface area contributed by atoms with Crippen LogP contribution in [0, 0.1) is 5.82 Å². The lowest BCUT2D eigenvalue weighted by molar-refractivity contribution is 0.00648. The van der Waals surface area contributed by atoms with Crippen LogP contribution < -0.4 is 5.73 Å². The predicted octanol–water partition coefficient (Wildman–Crippen LogP) is 4.95. The van der Waals surface area contributed by atoms with Crippen LogP contribution in [0.5, 0.6) is 0 Å². The van der Waals surface area contributed by atoms with Gasteiger partial charge in [0.1, 0.15) is 17.2 Å². The number of nitrogens with zero attached hydrogens (tertiary/aromatic N) is 1. The lowest BCUT2D eigenvalue weighted by Crippen LogP contribution is -2.24. The molecule has 0 saturated heterocycles. The summed E-state index contributed by atoms with van der Waals surface area (Å²) < 4.78 is 19.8. The third kappa shape index (κ3) is 4.69. The minimum Gasteiger partial charge on any atom is -0.456 e. The summed E-state index contributed by atoms with van der Waals surface area (Å²) in [5, 5.41) is 0. The number of aromatic nitrogens is 1. The Hall–Kier alpha value is -2.34. The molecule has 3 rings (SSSR count). The number of hydrogen-bond acceptors (Lipinski definition) is 5. The molecule has 1 aliphatic heterocycles. The Morgan fingerprint density at radius 2 is 2.04 bits per heavy atom. The number of esters is 1. The molecule has 0 unspecified atom stereocenters. The molecule has 2 heterocycles. The number of pyridine rings is 1. The average Bonchev–Trinajstić information content (AvgIpc) is 2.61. The molecule has 0 spiro atoms. The first-order chi connectivity index (χ1) is 12.7. The van der Waals surface area contributed by atoms with Crippen molar-refractivity contribution < 1.29 is 13.9 Å². The first-order valence-electron chi connectivity index (χ1n) is 8.80. The van der Waals surface area contributed by atoms with Gasteiger partial charge in [0.05, 0.1) is 5.56 Å². The number of nitrogens with two attached hydrogens (primary N) is 1. The number of nitrogen functional groups attached to an aromatic ring is 1. The number of carbonyl (C=O) groups is 1. The van der Waals surface area contributed by atoms with E-state index in [1.807, 2.05) is 17.8 Å². The van der Waals surface area contributed by atoms with Crippen LogP contribution in [0.3, 0.4) is 0 Å². The number of benzene rings is 1. The molecule has 0 fully saturated rings. The van der Waals surface area contributed by atoms with E-state index in [1.54, 1.807) is 33.0 Å². The highest BCUT2D eigenvalue weighted by Gasteiger charge is 2.21. The van der Waals surface area contributed by atoms with Gasteiger partial charge in [-0.25, -0.2) is 14.2 Å². The summed E-state index contributed by atoms with van der Waals surface area (Å²) in [6.45, 7) is 5.23. The van der Waals surface area contributed by atoms with Crippen molar-refractivity contribution in [3.63, 3.8) is 0 Å². The molecule has 2 aromatic rings. The van der Waals surface area contributed by atoms with Gasteiger partial charge in [-0.2, -0.15) is 11.8 Å². The number of carbonyl (C=O) groups excluding carboxylic acids is 1. The zero-order chi connectivity index (χ0) is 19.6. The lowest BCUT2D eigenvalue weighted by atomic mass is 9.98. The summed E-state index contributed by atoms with van der Waals surface area (Å²) in [6, 6.07) is 6.35. The molecule has 0 radical (unpaired) electrons. The maximum Gasteiger partial charge on any atom is 0.341 e. The van der Waals surface area contributed by atoms with Gasteiger partial charge in [-0.05, 0) is 67.8 Å². The van der Waals surface area contributed by atoms with E-state index in [1.165, 1.54) is 17.7 Å². The van der Waals surface area contributed by atoms with Gasteiger partial charge in [0.25, 0.3) is 0 Å². The second-order valence-corrected chi connectivity index (χ2v) is 8.56. The van der Waals surface area contributed by atoms with Crippen molar-refractivity contribution in [2.75, 3.05) is 17.2 Å². The molecular weight excluding hydrogens is 363 g/mol. The van der Waals surface area contributed by atoms with Gasteiger partial charge in [-0.15, -0.1) is 0 Å². The van der Waals surface area contributed by atoms with Crippen LogP contribution in [0.2, 0.25) is 0 Å². The van der Waals surface area contributed by atoms with E-state index in [2.05, 4.69) is 11.1 Å². The normalized spacial score (nSPS) is 14.6. The Balaban J connectivity index is 1.94. The van der Waals surface area contributed by atoms with Crippen LogP contribution in [-0.4, -0.2) is 28.1 Å². The van der Waals surface area contributed by atoms with Crippen molar-refractivity contribution in [1.29, 1.82) is 0 Å². The van der Waals surface area contributed by atoms with Crippen molar-refractivity contribution in [3.05, 3.63) is 53.5 Å². The standard InChI is InChI=1S/C21H23FN2O2S/c1-21(2,3)26-20(25)16-5-4-14(11-18(16)22)17-10-15(12-24-19(17)23)13-6-8-27-9-7-13/h4-6,10-12H,7-9H2,1-3H3,(H2,23,24). The number of halogens is 1. The number of ether oxygens (including phenoxy) is 1. The Labute approximate surface area is 163 Å². The van der Waals surface area contributed by atoms with Crippen LogP contribution >= 0.6 is 11.8 Å². The molecule has 1 aromatic carbocycles. The SMILES string of the molecule is CC(C)(C)OC(=O)c1ccc(-c2cc(C3=CCSCC3)cnc2N)cc1F. The fourth-order valence-electron chi connectivity index (χ4n) is 2.85. The maximum absolute atomic E-state index is 14.6. The third-order valence-electron chi connectivity index (χ3n) is 4.15. The molecule has 0 aliphatic carbocycles. The second-order valence-electron chi connectivity index (χ2n) is 7.41. The first kappa shape index (κ1) is 19.4. The summed E-state index contributed by atoms with van der Waals surface area (Å²) in [5.41, 5.74) is 8.72. The molecule has 1 aliphatic rings. The van der Waals surface area contributed by atoms with Gasteiger partial charge in [-0.3, -0.25) is 0 Å². The summed E-state index contributed by atoms with van der Waals surface area (Å²) in [7, 11) is 0. The van der Waals surface area contributed by atoms with Crippen molar-refractivity contribution >= 4 is 29.1 Å². The lowest BCUT2D eigenvalue weighted by Gasteiger charge is -2.19. The largest absolute Gasteiger partial charge is 0.456 e. The molecule has 0 saturated carbocycles. The van der Waals surface area contributed by atoms with Gasteiger partial charge in [0.15, 0.2) is 0 Å².